The molecule has 0 saturated heterocycles. The van der Waals surface area contributed by atoms with Crippen LogP contribution in [-0.2, 0) is 0 Å². The molecule has 0 amide bonds. The van der Waals surface area contributed by atoms with Crippen LogP contribution >= 0.6 is 15.9 Å². The van der Waals surface area contributed by atoms with Gasteiger partial charge in [0.05, 0.1) is 5.56 Å². The minimum atomic E-state index is -0.259. The first-order valence-corrected chi connectivity index (χ1v) is 9.61. The van der Waals surface area contributed by atoms with Crippen molar-refractivity contribution in [3.63, 3.8) is 0 Å². The van der Waals surface area contributed by atoms with Crippen molar-refractivity contribution in [2.45, 2.75) is 0 Å². The van der Waals surface area contributed by atoms with Crippen LogP contribution in [0.15, 0.2) is 87.8 Å². The standard InChI is InChI=1S/C24H13BrO3/c25-16-12-10-14(11-13-16)19-20-21(26)17-8-4-5-9-18(17)22(27)24(20)28-23(19)15-6-2-1-3-7-15/h1-13H. The van der Waals surface area contributed by atoms with E-state index in [0.717, 1.165) is 15.6 Å². The van der Waals surface area contributed by atoms with Gasteiger partial charge < -0.3 is 4.42 Å². The van der Waals surface area contributed by atoms with Crippen molar-refractivity contribution in [3.05, 3.63) is 106 Å². The second-order valence-corrected chi connectivity index (χ2v) is 7.50. The predicted molar refractivity (Wildman–Crippen MR) is 111 cm³/mol. The number of halogens is 1. The largest absolute Gasteiger partial charge is 0.451 e. The third-order valence-corrected chi connectivity index (χ3v) is 5.46. The van der Waals surface area contributed by atoms with Gasteiger partial charge in [-0.05, 0) is 17.7 Å². The Hall–Kier alpha value is -3.24. The molecule has 0 atom stereocenters. The normalized spacial score (nSPS) is 12.6. The molecule has 0 bridgehead atoms. The molecule has 1 aliphatic rings. The Morgan fingerprint density at radius 3 is 1.86 bits per heavy atom. The number of hydrogen-bond donors (Lipinski definition) is 0. The van der Waals surface area contributed by atoms with E-state index in [9.17, 15) is 9.59 Å². The van der Waals surface area contributed by atoms with Crippen LogP contribution in [0.5, 0.6) is 0 Å². The van der Waals surface area contributed by atoms with E-state index in [2.05, 4.69) is 15.9 Å². The van der Waals surface area contributed by atoms with Crippen molar-refractivity contribution in [1.82, 2.24) is 0 Å². The van der Waals surface area contributed by atoms with Gasteiger partial charge in [-0.2, -0.15) is 0 Å². The van der Waals surface area contributed by atoms with Gasteiger partial charge in [0.1, 0.15) is 5.76 Å². The van der Waals surface area contributed by atoms with E-state index >= 15 is 0 Å². The van der Waals surface area contributed by atoms with Crippen LogP contribution in [0.3, 0.4) is 0 Å². The molecule has 1 heterocycles. The Morgan fingerprint density at radius 2 is 1.18 bits per heavy atom. The minimum Gasteiger partial charge on any atom is -0.451 e. The lowest BCUT2D eigenvalue weighted by Gasteiger charge is -2.14. The number of fused-ring (bicyclic) bond motifs is 2. The Balaban J connectivity index is 1.85. The molecule has 1 aliphatic carbocycles. The molecule has 0 radical (unpaired) electrons. The molecule has 0 fully saturated rings. The summed E-state index contributed by atoms with van der Waals surface area (Å²) >= 11 is 3.45. The van der Waals surface area contributed by atoms with Crippen LogP contribution in [0, 0.1) is 0 Å². The molecule has 4 aromatic rings. The summed E-state index contributed by atoms with van der Waals surface area (Å²) in [6, 6.07) is 24.1. The fraction of sp³-hybridized carbons (Fsp3) is 0. The van der Waals surface area contributed by atoms with E-state index < -0.39 is 0 Å². The second kappa shape index (κ2) is 6.43. The summed E-state index contributed by atoms with van der Waals surface area (Å²) in [5.74, 6) is 0.197. The smallest absolute Gasteiger partial charge is 0.229 e. The van der Waals surface area contributed by atoms with Crippen molar-refractivity contribution in [2.75, 3.05) is 0 Å². The van der Waals surface area contributed by atoms with Gasteiger partial charge in [0.25, 0.3) is 0 Å². The maximum absolute atomic E-state index is 13.3. The number of benzene rings is 3. The van der Waals surface area contributed by atoms with Crippen LogP contribution in [0.4, 0.5) is 0 Å². The summed E-state index contributed by atoms with van der Waals surface area (Å²) < 4.78 is 7.00. The van der Waals surface area contributed by atoms with Crippen molar-refractivity contribution in [1.29, 1.82) is 0 Å². The summed E-state index contributed by atoms with van der Waals surface area (Å²) in [5.41, 5.74) is 3.44. The first-order chi connectivity index (χ1) is 13.6. The molecule has 1 aromatic heterocycles. The fourth-order valence-corrected chi connectivity index (χ4v) is 3.89. The van der Waals surface area contributed by atoms with Gasteiger partial charge in [0, 0.05) is 26.7 Å². The third kappa shape index (κ3) is 2.49. The molecule has 0 saturated carbocycles. The van der Waals surface area contributed by atoms with Crippen LogP contribution in [0.2, 0.25) is 0 Å². The molecule has 0 aliphatic heterocycles. The summed E-state index contributed by atoms with van der Waals surface area (Å²) in [6.45, 7) is 0. The molecule has 0 spiro atoms. The molecular weight excluding hydrogens is 416 g/mol. The first-order valence-electron chi connectivity index (χ1n) is 8.81. The maximum Gasteiger partial charge on any atom is 0.229 e. The average Bonchev–Trinajstić information content (AvgIpc) is 3.14. The Bertz CT molecular complexity index is 1230. The lowest BCUT2D eigenvalue weighted by molar-refractivity contribution is 0.0961. The molecule has 5 rings (SSSR count). The highest BCUT2D eigenvalue weighted by Crippen LogP contribution is 2.43. The number of rotatable bonds is 2. The first kappa shape index (κ1) is 16.9. The Morgan fingerprint density at radius 1 is 0.571 bits per heavy atom. The highest BCUT2D eigenvalue weighted by molar-refractivity contribution is 9.10. The Kier molecular flexibility index (Phi) is 3.88. The van der Waals surface area contributed by atoms with Gasteiger partial charge in [0.15, 0.2) is 11.5 Å². The van der Waals surface area contributed by atoms with Crippen molar-refractivity contribution < 1.29 is 14.0 Å². The van der Waals surface area contributed by atoms with Gasteiger partial charge in [-0.3, -0.25) is 9.59 Å². The topological polar surface area (TPSA) is 47.3 Å². The van der Waals surface area contributed by atoms with Gasteiger partial charge >= 0.3 is 0 Å². The highest BCUT2D eigenvalue weighted by atomic mass is 79.9. The molecule has 0 unspecified atom stereocenters. The van der Waals surface area contributed by atoms with Gasteiger partial charge in [0.2, 0.25) is 5.78 Å². The SMILES string of the molecule is O=C1c2ccccc2C(=O)c2c1oc(-c1ccccc1)c2-c1ccc(Br)cc1. The van der Waals surface area contributed by atoms with E-state index in [4.69, 9.17) is 4.42 Å². The van der Waals surface area contributed by atoms with Gasteiger partial charge in [-0.15, -0.1) is 0 Å². The van der Waals surface area contributed by atoms with Crippen LogP contribution in [-0.4, -0.2) is 11.6 Å². The van der Waals surface area contributed by atoms with E-state index in [1.54, 1.807) is 24.3 Å². The molecule has 3 aromatic carbocycles. The zero-order chi connectivity index (χ0) is 19.3. The quantitative estimate of drug-likeness (QED) is 0.338. The van der Waals surface area contributed by atoms with E-state index in [-0.39, 0.29) is 17.3 Å². The lowest BCUT2D eigenvalue weighted by atomic mass is 9.84. The van der Waals surface area contributed by atoms with Crippen LogP contribution in [0.25, 0.3) is 22.5 Å². The molecule has 28 heavy (non-hydrogen) atoms. The summed E-state index contributed by atoms with van der Waals surface area (Å²) in [6.07, 6.45) is 0. The zero-order valence-corrected chi connectivity index (χ0v) is 16.2. The monoisotopic (exact) mass is 428 g/mol. The number of hydrogen-bond acceptors (Lipinski definition) is 3. The third-order valence-electron chi connectivity index (χ3n) is 4.93. The van der Waals surface area contributed by atoms with E-state index in [0.29, 0.717) is 28.0 Å². The van der Waals surface area contributed by atoms with Crippen LogP contribution in [0.1, 0.15) is 32.0 Å². The number of furan rings is 1. The molecule has 4 heteroatoms. The van der Waals surface area contributed by atoms with Gasteiger partial charge in [-0.1, -0.05) is 82.7 Å². The fourth-order valence-electron chi connectivity index (χ4n) is 3.63. The number of carbonyl (C=O) groups excluding carboxylic acids is 2. The second-order valence-electron chi connectivity index (χ2n) is 6.59. The predicted octanol–water partition coefficient (Wildman–Crippen LogP) is 6.15. The molecule has 3 nitrogen and oxygen atoms in total. The number of ketones is 2. The number of carbonyl (C=O) groups is 2. The zero-order valence-electron chi connectivity index (χ0n) is 14.6. The van der Waals surface area contributed by atoms with Crippen molar-refractivity contribution in [3.8, 4) is 22.5 Å². The van der Waals surface area contributed by atoms with E-state index in [1.807, 2.05) is 54.6 Å². The van der Waals surface area contributed by atoms with Crippen molar-refractivity contribution >= 4 is 27.5 Å². The van der Waals surface area contributed by atoms with Gasteiger partial charge in [-0.25, -0.2) is 0 Å². The summed E-state index contributed by atoms with van der Waals surface area (Å²) in [7, 11) is 0. The van der Waals surface area contributed by atoms with E-state index in [1.165, 1.54) is 0 Å². The maximum atomic E-state index is 13.3. The van der Waals surface area contributed by atoms with Crippen molar-refractivity contribution in [2.24, 2.45) is 0 Å². The highest BCUT2D eigenvalue weighted by Gasteiger charge is 2.37. The average molecular weight is 429 g/mol. The summed E-state index contributed by atoms with van der Waals surface area (Å²) in [5, 5.41) is 0. The molecule has 0 N–H and O–H groups in total. The summed E-state index contributed by atoms with van der Waals surface area (Å²) in [4.78, 5) is 26.4. The molecule has 134 valence electrons. The molecular formula is C24H13BrO3. The minimum absolute atomic E-state index is 0.112. The van der Waals surface area contributed by atoms with Crippen LogP contribution < -0.4 is 0 Å². The Labute approximate surface area is 169 Å². The lowest BCUT2D eigenvalue weighted by Crippen LogP contribution is -2.19.